The molecule has 1 atom stereocenters. The van der Waals surface area contributed by atoms with Crippen LogP contribution in [0.1, 0.15) is 29.8 Å². The number of benzene rings is 1. The van der Waals surface area contributed by atoms with Gasteiger partial charge in [-0.3, -0.25) is 14.9 Å². The molecule has 8 heteroatoms. The summed E-state index contributed by atoms with van der Waals surface area (Å²) in [5.74, 6) is -0.0884. The van der Waals surface area contributed by atoms with Crippen LogP contribution in [-0.4, -0.2) is 39.8 Å². The summed E-state index contributed by atoms with van der Waals surface area (Å²) in [5.41, 5.74) is 6.98. The van der Waals surface area contributed by atoms with Crippen LogP contribution >= 0.6 is 11.3 Å². The molecule has 1 aliphatic rings. The molecule has 0 aliphatic carbocycles. The van der Waals surface area contributed by atoms with Crippen LogP contribution in [-0.2, 0) is 0 Å². The van der Waals surface area contributed by atoms with Crippen LogP contribution < -0.4 is 5.73 Å². The highest BCUT2D eigenvalue weighted by Gasteiger charge is 2.27. The van der Waals surface area contributed by atoms with Gasteiger partial charge in [0.05, 0.1) is 4.92 Å². The third kappa shape index (κ3) is 3.29. The number of nitro groups is 1. The third-order valence-electron chi connectivity index (χ3n) is 4.21. The van der Waals surface area contributed by atoms with E-state index in [1.165, 1.54) is 23.5 Å². The molecule has 1 fully saturated rings. The minimum Gasteiger partial charge on any atom is -0.333 e. The third-order valence-corrected chi connectivity index (χ3v) is 5.10. The van der Waals surface area contributed by atoms with Gasteiger partial charge >= 0.3 is 0 Å². The van der Waals surface area contributed by atoms with E-state index in [1.807, 2.05) is 4.90 Å². The Morgan fingerprint density at radius 1 is 1.38 bits per heavy atom. The number of nitrogens with two attached hydrogens (primary N) is 1. The van der Waals surface area contributed by atoms with Crippen molar-refractivity contribution in [3.05, 3.63) is 45.5 Å². The summed E-state index contributed by atoms with van der Waals surface area (Å²) >= 11 is 1.36. The molecule has 1 saturated heterocycles. The molecule has 126 valence electrons. The molecule has 0 spiro atoms. The molecule has 0 radical (unpaired) electrons. The SMILES string of the molecule is NCC1CCCCN1C(=O)c1csc(-c2ccc([N+](=O)[O-])cc2)n1. The second-order valence-electron chi connectivity index (χ2n) is 5.73. The Labute approximate surface area is 143 Å². The number of aromatic nitrogens is 1. The Kier molecular flexibility index (Phi) is 4.86. The van der Waals surface area contributed by atoms with Gasteiger partial charge in [-0.25, -0.2) is 4.98 Å². The second kappa shape index (κ2) is 7.06. The molecule has 1 unspecified atom stereocenters. The van der Waals surface area contributed by atoms with Crippen molar-refractivity contribution in [2.45, 2.75) is 25.3 Å². The summed E-state index contributed by atoms with van der Waals surface area (Å²) in [6, 6.07) is 6.25. The van der Waals surface area contributed by atoms with E-state index < -0.39 is 4.92 Å². The monoisotopic (exact) mass is 346 g/mol. The average Bonchev–Trinajstić information content (AvgIpc) is 3.11. The van der Waals surface area contributed by atoms with Crippen molar-refractivity contribution >= 4 is 22.9 Å². The van der Waals surface area contributed by atoms with Crippen molar-refractivity contribution in [2.75, 3.05) is 13.1 Å². The first-order valence-electron chi connectivity index (χ1n) is 7.81. The van der Waals surface area contributed by atoms with Gasteiger partial charge in [-0.2, -0.15) is 0 Å². The zero-order valence-corrected chi connectivity index (χ0v) is 13.9. The van der Waals surface area contributed by atoms with Gasteiger partial charge < -0.3 is 10.6 Å². The molecule has 3 rings (SSSR count). The number of rotatable bonds is 4. The number of thiazole rings is 1. The maximum Gasteiger partial charge on any atom is 0.273 e. The molecule has 0 bridgehead atoms. The Morgan fingerprint density at radius 3 is 2.79 bits per heavy atom. The van der Waals surface area contributed by atoms with Gasteiger partial charge in [0.1, 0.15) is 10.7 Å². The standard InChI is InChI=1S/C16H18N4O3S/c17-9-13-3-1-2-8-19(13)16(21)14-10-24-15(18-14)11-4-6-12(7-5-11)20(22)23/h4-7,10,13H,1-3,8-9,17H2. The topological polar surface area (TPSA) is 102 Å². The Balaban J connectivity index is 1.79. The fraction of sp³-hybridized carbons (Fsp3) is 0.375. The lowest BCUT2D eigenvalue weighted by Crippen LogP contribution is -2.47. The fourth-order valence-electron chi connectivity index (χ4n) is 2.89. The molecule has 1 aromatic heterocycles. The molecule has 1 aromatic carbocycles. The molecule has 24 heavy (non-hydrogen) atoms. The summed E-state index contributed by atoms with van der Waals surface area (Å²) in [7, 11) is 0. The quantitative estimate of drug-likeness (QED) is 0.677. The van der Waals surface area contributed by atoms with Gasteiger partial charge in [0.15, 0.2) is 0 Å². The predicted molar refractivity (Wildman–Crippen MR) is 91.9 cm³/mol. The largest absolute Gasteiger partial charge is 0.333 e. The Hall–Kier alpha value is -2.32. The van der Waals surface area contributed by atoms with Gasteiger partial charge in [0.2, 0.25) is 0 Å². The van der Waals surface area contributed by atoms with E-state index in [-0.39, 0.29) is 17.6 Å². The van der Waals surface area contributed by atoms with Crippen molar-refractivity contribution in [3.8, 4) is 10.6 Å². The number of nitro benzene ring substituents is 1. The van der Waals surface area contributed by atoms with Crippen LogP contribution in [0.15, 0.2) is 29.6 Å². The molecule has 1 aliphatic heterocycles. The number of carbonyl (C=O) groups is 1. The van der Waals surface area contributed by atoms with E-state index in [0.29, 0.717) is 23.8 Å². The molecular formula is C16H18N4O3S. The highest BCUT2D eigenvalue weighted by atomic mass is 32.1. The van der Waals surface area contributed by atoms with Crippen molar-refractivity contribution < 1.29 is 9.72 Å². The normalized spacial score (nSPS) is 17.7. The van der Waals surface area contributed by atoms with E-state index in [1.54, 1.807) is 17.5 Å². The van der Waals surface area contributed by atoms with Crippen LogP contribution in [0.2, 0.25) is 0 Å². The maximum absolute atomic E-state index is 12.7. The van der Waals surface area contributed by atoms with Crippen LogP contribution in [0.5, 0.6) is 0 Å². The van der Waals surface area contributed by atoms with Crippen molar-refractivity contribution in [2.24, 2.45) is 5.73 Å². The first kappa shape index (κ1) is 16.5. The van der Waals surface area contributed by atoms with Gasteiger partial charge in [0, 0.05) is 42.2 Å². The number of hydrogen-bond acceptors (Lipinski definition) is 6. The molecule has 2 heterocycles. The first-order chi connectivity index (χ1) is 11.6. The number of hydrogen-bond donors (Lipinski definition) is 1. The summed E-state index contributed by atoms with van der Waals surface area (Å²) < 4.78 is 0. The second-order valence-corrected chi connectivity index (χ2v) is 6.58. The maximum atomic E-state index is 12.7. The van der Waals surface area contributed by atoms with Crippen LogP contribution in [0.4, 0.5) is 5.69 Å². The summed E-state index contributed by atoms with van der Waals surface area (Å²) in [4.78, 5) is 29.2. The van der Waals surface area contributed by atoms with Gasteiger partial charge in [-0.1, -0.05) is 0 Å². The van der Waals surface area contributed by atoms with Crippen LogP contribution in [0.25, 0.3) is 10.6 Å². The zero-order chi connectivity index (χ0) is 17.1. The smallest absolute Gasteiger partial charge is 0.273 e. The number of carbonyl (C=O) groups excluding carboxylic acids is 1. The minimum atomic E-state index is -0.441. The van der Waals surface area contributed by atoms with Gasteiger partial charge in [0.25, 0.3) is 11.6 Å². The average molecular weight is 346 g/mol. The lowest BCUT2D eigenvalue weighted by molar-refractivity contribution is -0.384. The van der Waals surface area contributed by atoms with Crippen molar-refractivity contribution in [1.82, 2.24) is 9.88 Å². The van der Waals surface area contributed by atoms with Crippen LogP contribution in [0, 0.1) is 10.1 Å². The number of piperidine rings is 1. The van der Waals surface area contributed by atoms with Gasteiger partial charge in [-0.15, -0.1) is 11.3 Å². The fourth-order valence-corrected chi connectivity index (χ4v) is 3.69. The highest BCUT2D eigenvalue weighted by molar-refractivity contribution is 7.13. The van der Waals surface area contributed by atoms with Crippen LogP contribution in [0.3, 0.4) is 0 Å². The minimum absolute atomic E-state index is 0.0331. The lowest BCUT2D eigenvalue weighted by Gasteiger charge is -2.34. The van der Waals surface area contributed by atoms with E-state index in [9.17, 15) is 14.9 Å². The predicted octanol–water partition coefficient (Wildman–Crippen LogP) is 2.67. The van der Waals surface area contributed by atoms with E-state index in [2.05, 4.69) is 4.98 Å². The zero-order valence-electron chi connectivity index (χ0n) is 13.1. The summed E-state index contributed by atoms with van der Waals surface area (Å²) in [6.07, 6.45) is 3.01. The first-order valence-corrected chi connectivity index (χ1v) is 8.69. The number of amides is 1. The van der Waals surface area contributed by atoms with E-state index in [4.69, 9.17) is 5.73 Å². The Morgan fingerprint density at radius 2 is 2.12 bits per heavy atom. The molecule has 7 nitrogen and oxygen atoms in total. The lowest BCUT2D eigenvalue weighted by atomic mass is 10.0. The molecular weight excluding hydrogens is 328 g/mol. The summed E-state index contributed by atoms with van der Waals surface area (Å²) in [5, 5.41) is 13.1. The molecule has 2 aromatic rings. The Bertz CT molecular complexity index is 744. The van der Waals surface area contributed by atoms with Crippen molar-refractivity contribution in [1.29, 1.82) is 0 Å². The van der Waals surface area contributed by atoms with E-state index in [0.717, 1.165) is 24.8 Å². The van der Waals surface area contributed by atoms with E-state index >= 15 is 0 Å². The summed E-state index contributed by atoms with van der Waals surface area (Å²) in [6.45, 7) is 1.18. The number of likely N-dealkylation sites (tertiary alicyclic amines) is 1. The number of non-ortho nitro benzene ring substituents is 1. The van der Waals surface area contributed by atoms with Gasteiger partial charge in [-0.05, 0) is 31.4 Å². The van der Waals surface area contributed by atoms with Crippen molar-refractivity contribution in [3.63, 3.8) is 0 Å². The molecule has 1 amide bonds. The highest BCUT2D eigenvalue weighted by Crippen LogP contribution is 2.27. The number of nitrogens with zero attached hydrogens (tertiary/aromatic N) is 3. The molecule has 0 saturated carbocycles. The molecule has 2 N–H and O–H groups in total.